The van der Waals surface area contributed by atoms with E-state index < -0.39 is 0 Å². The van der Waals surface area contributed by atoms with Crippen molar-refractivity contribution in [3.05, 3.63) is 0 Å². The Morgan fingerprint density at radius 3 is 2.29 bits per heavy atom. The van der Waals surface area contributed by atoms with E-state index in [1.54, 1.807) is 0 Å². The minimum atomic E-state index is 1.17. The van der Waals surface area contributed by atoms with Crippen molar-refractivity contribution in [1.29, 1.82) is 0 Å². The van der Waals surface area contributed by atoms with Gasteiger partial charge in [-0.1, -0.05) is 0 Å². The molecular formula is C6H13Si+3. The van der Waals surface area contributed by atoms with Crippen molar-refractivity contribution in [3.63, 3.8) is 0 Å². The molecule has 0 heterocycles. The summed E-state index contributed by atoms with van der Waals surface area (Å²) >= 11 is 0. The molecule has 0 aromatic rings. The molecule has 0 amide bonds. The third kappa shape index (κ3) is 6.22. The molecule has 0 atom stereocenters. The Hall–Kier alpha value is 0.217. The fraction of sp³-hybridized carbons (Fsp3) is 1.00. The molecule has 0 spiro atoms. The second-order valence-electron chi connectivity index (χ2n) is 1.81. The average molecular weight is 113 g/mol. The SMILES string of the molecule is CCCCCC[Si+3]. The second-order valence-corrected chi connectivity index (χ2v) is 2.31. The van der Waals surface area contributed by atoms with Gasteiger partial charge < -0.3 is 0 Å². The molecule has 0 radical (unpaired) electrons. The molecule has 0 N–H and O–H groups in total. The van der Waals surface area contributed by atoms with Crippen molar-refractivity contribution >= 4 is 10.2 Å². The van der Waals surface area contributed by atoms with Gasteiger partial charge in [-0.05, 0) is 0 Å². The zero-order valence-electron chi connectivity index (χ0n) is 5.04. The minimum absolute atomic E-state index is 1.17. The van der Waals surface area contributed by atoms with Crippen LogP contribution in [0.2, 0.25) is 6.04 Å². The van der Waals surface area contributed by atoms with E-state index in [1.807, 2.05) is 0 Å². The van der Waals surface area contributed by atoms with Crippen LogP contribution < -0.4 is 0 Å². The van der Waals surface area contributed by atoms with E-state index >= 15 is 0 Å². The zero-order valence-corrected chi connectivity index (χ0v) is 6.04. The molecule has 0 aromatic carbocycles. The van der Waals surface area contributed by atoms with Gasteiger partial charge in [0, 0.05) is 0 Å². The summed E-state index contributed by atoms with van der Waals surface area (Å²) < 4.78 is 0. The fourth-order valence-corrected chi connectivity index (χ4v) is 0.802. The van der Waals surface area contributed by atoms with Gasteiger partial charge in [-0.3, -0.25) is 0 Å². The molecule has 0 aromatic heterocycles. The van der Waals surface area contributed by atoms with Gasteiger partial charge in [-0.15, -0.1) is 0 Å². The van der Waals surface area contributed by atoms with Crippen LogP contribution in [0.1, 0.15) is 32.6 Å². The van der Waals surface area contributed by atoms with Gasteiger partial charge in [-0.2, -0.15) is 0 Å². The molecule has 0 bridgehead atoms. The summed E-state index contributed by atoms with van der Waals surface area (Å²) in [5.41, 5.74) is 0. The molecule has 7 heavy (non-hydrogen) atoms. The van der Waals surface area contributed by atoms with E-state index in [1.165, 1.54) is 31.7 Å². The van der Waals surface area contributed by atoms with Crippen molar-refractivity contribution < 1.29 is 0 Å². The van der Waals surface area contributed by atoms with Crippen LogP contribution in [0, 0.1) is 0 Å². The van der Waals surface area contributed by atoms with Crippen molar-refractivity contribution in [2.24, 2.45) is 0 Å². The monoisotopic (exact) mass is 113 g/mol. The van der Waals surface area contributed by atoms with Gasteiger partial charge in [-0.25, -0.2) is 0 Å². The first-order chi connectivity index (χ1) is 3.41. The van der Waals surface area contributed by atoms with Crippen LogP contribution in [-0.4, -0.2) is 10.2 Å². The van der Waals surface area contributed by atoms with E-state index in [0.717, 1.165) is 0 Å². The van der Waals surface area contributed by atoms with E-state index in [0.29, 0.717) is 0 Å². The van der Waals surface area contributed by atoms with Gasteiger partial charge in [0.25, 0.3) is 0 Å². The molecule has 38 valence electrons. The standard InChI is InChI=1S/C6H13Si/c1-2-3-4-5-6-7/h2-6H2,1H3/q+3. The zero-order chi connectivity index (χ0) is 5.54. The van der Waals surface area contributed by atoms with Crippen molar-refractivity contribution in [1.82, 2.24) is 0 Å². The summed E-state index contributed by atoms with van der Waals surface area (Å²) in [7, 11) is 3.42. The van der Waals surface area contributed by atoms with E-state index in [9.17, 15) is 0 Å². The Balaban J connectivity index is 2.45. The van der Waals surface area contributed by atoms with Crippen LogP contribution in [0.5, 0.6) is 0 Å². The summed E-state index contributed by atoms with van der Waals surface area (Å²) in [6, 6.07) is 1.17. The Morgan fingerprint density at radius 1 is 1.14 bits per heavy atom. The molecule has 0 saturated carbocycles. The topological polar surface area (TPSA) is 0 Å². The molecule has 0 fully saturated rings. The summed E-state index contributed by atoms with van der Waals surface area (Å²) in [5, 5.41) is 0. The number of hydrogen-bond donors (Lipinski definition) is 0. The summed E-state index contributed by atoms with van der Waals surface area (Å²) in [6.45, 7) is 2.23. The Morgan fingerprint density at radius 2 is 1.86 bits per heavy atom. The van der Waals surface area contributed by atoms with Crippen LogP contribution in [0.15, 0.2) is 0 Å². The third-order valence-electron chi connectivity index (χ3n) is 1.03. The predicted octanol–water partition coefficient (Wildman–Crippen LogP) is 2.15. The second kappa shape index (κ2) is 6.22. The summed E-state index contributed by atoms with van der Waals surface area (Å²) in [6.07, 6.45) is 5.46. The maximum absolute atomic E-state index is 3.42. The van der Waals surface area contributed by atoms with Crippen molar-refractivity contribution in [2.45, 2.75) is 38.7 Å². The molecule has 0 aliphatic carbocycles. The summed E-state index contributed by atoms with van der Waals surface area (Å²) in [5.74, 6) is 0. The molecule has 0 aliphatic heterocycles. The normalized spacial score (nSPS) is 9.57. The molecule has 0 saturated heterocycles. The fourth-order valence-electron chi connectivity index (χ4n) is 0.552. The summed E-state index contributed by atoms with van der Waals surface area (Å²) in [4.78, 5) is 0. The van der Waals surface area contributed by atoms with E-state index in [4.69, 9.17) is 0 Å². The number of hydrogen-bond acceptors (Lipinski definition) is 0. The molecule has 0 aliphatic rings. The predicted molar refractivity (Wildman–Crippen MR) is 34.7 cm³/mol. The number of rotatable bonds is 4. The van der Waals surface area contributed by atoms with Crippen LogP contribution in [0.4, 0.5) is 0 Å². The van der Waals surface area contributed by atoms with Gasteiger partial charge >= 0.3 is 48.9 Å². The van der Waals surface area contributed by atoms with Crippen LogP contribution in [0.3, 0.4) is 0 Å². The van der Waals surface area contributed by atoms with Crippen LogP contribution >= 0.6 is 0 Å². The van der Waals surface area contributed by atoms with Crippen LogP contribution in [-0.2, 0) is 0 Å². The average Bonchev–Trinajstić information content (AvgIpc) is 1.69. The number of unbranched alkanes of at least 4 members (excludes halogenated alkanes) is 3. The van der Waals surface area contributed by atoms with Gasteiger partial charge in [0.1, 0.15) is 0 Å². The first-order valence-corrected chi connectivity index (χ1v) is 3.77. The molecule has 0 unspecified atom stereocenters. The first kappa shape index (κ1) is 7.22. The Bertz CT molecular complexity index is 23.4. The first-order valence-electron chi connectivity index (χ1n) is 3.06. The Labute approximate surface area is 49.7 Å². The van der Waals surface area contributed by atoms with Crippen LogP contribution in [0.25, 0.3) is 0 Å². The van der Waals surface area contributed by atoms with Crippen molar-refractivity contribution in [2.75, 3.05) is 0 Å². The Kier molecular flexibility index (Phi) is 6.41. The van der Waals surface area contributed by atoms with E-state index in [2.05, 4.69) is 17.2 Å². The molecule has 0 rings (SSSR count). The molecule has 0 nitrogen and oxygen atoms in total. The van der Waals surface area contributed by atoms with Crippen molar-refractivity contribution in [3.8, 4) is 0 Å². The molecular weight excluding hydrogens is 100 g/mol. The maximum atomic E-state index is 3.42. The van der Waals surface area contributed by atoms with Gasteiger partial charge in [0.05, 0.1) is 0 Å². The quantitative estimate of drug-likeness (QED) is 0.387. The third-order valence-corrected chi connectivity index (χ3v) is 1.38. The van der Waals surface area contributed by atoms with Gasteiger partial charge in [0.2, 0.25) is 0 Å². The van der Waals surface area contributed by atoms with E-state index in [-0.39, 0.29) is 0 Å². The van der Waals surface area contributed by atoms with Gasteiger partial charge in [0.15, 0.2) is 0 Å². The molecule has 1 heteroatoms.